The highest BCUT2D eigenvalue weighted by atomic mass is 35.5. The van der Waals surface area contributed by atoms with Crippen LogP contribution in [0.15, 0.2) is 72.8 Å². The molecule has 3 aromatic carbocycles. The fourth-order valence-electron chi connectivity index (χ4n) is 4.59. The molecule has 0 unspecified atom stereocenters. The van der Waals surface area contributed by atoms with Gasteiger partial charge in [0.05, 0.1) is 23.0 Å². The van der Waals surface area contributed by atoms with Gasteiger partial charge in [0.1, 0.15) is 5.92 Å². The second-order valence-corrected chi connectivity index (χ2v) is 9.28. The molecule has 5 rings (SSSR count). The average Bonchev–Trinajstić information content (AvgIpc) is 3.35. The van der Waals surface area contributed by atoms with Gasteiger partial charge in [-0.2, -0.15) is 13.2 Å². The summed E-state index contributed by atoms with van der Waals surface area (Å²) in [7, 11) is 3.75. The van der Waals surface area contributed by atoms with E-state index in [0.29, 0.717) is 22.0 Å². The van der Waals surface area contributed by atoms with Crippen molar-refractivity contribution in [3.63, 3.8) is 0 Å². The number of hydroxylamine groups is 1. The van der Waals surface area contributed by atoms with E-state index < -0.39 is 41.6 Å². The molecule has 0 aromatic heterocycles. The molecule has 36 heavy (non-hydrogen) atoms. The Balaban J connectivity index is 1.54. The van der Waals surface area contributed by atoms with Crippen LogP contribution in [0.25, 0.3) is 0 Å². The first-order valence-electron chi connectivity index (χ1n) is 11.1. The van der Waals surface area contributed by atoms with Crippen LogP contribution in [0.3, 0.4) is 0 Å². The highest BCUT2D eigenvalue weighted by Gasteiger charge is 2.60. The zero-order chi connectivity index (χ0) is 25.8. The number of fused-ring (bicyclic) bond motifs is 1. The van der Waals surface area contributed by atoms with E-state index in [2.05, 4.69) is 0 Å². The van der Waals surface area contributed by atoms with Gasteiger partial charge in [0.25, 0.3) is 5.91 Å². The number of hydrogen-bond acceptors (Lipinski definition) is 5. The summed E-state index contributed by atoms with van der Waals surface area (Å²) in [5, 5.41) is 1.89. The number of halogens is 4. The van der Waals surface area contributed by atoms with Crippen molar-refractivity contribution in [3.8, 4) is 0 Å². The summed E-state index contributed by atoms with van der Waals surface area (Å²) in [6.07, 6.45) is -5.63. The number of amides is 2. The third kappa shape index (κ3) is 4.08. The van der Waals surface area contributed by atoms with Crippen LogP contribution in [0.4, 0.5) is 30.2 Å². The van der Waals surface area contributed by atoms with Gasteiger partial charge in [-0.3, -0.25) is 14.4 Å². The number of anilines is 3. The number of imide groups is 1. The van der Waals surface area contributed by atoms with Crippen LogP contribution in [0.5, 0.6) is 0 Å². The predicted molar refractivity (Wildman–Crippen MR) is 130 cm³/mol. The molecule has 0 saturated carbocycles. The lowest BCUT2D eigenvalue weighted by molar-refractivity contribution is -0.137. The first kappa shape index (κ1) is 24.1. The van der Waals surface area contributed by atoms with Gasteiger partial charge in [-0.1, -0.05) is 23.7 Å². The lowest BCUT2D eigenvalue weighted by atomic mass is 9.90. The Morgan fingerprint density at radius 3 is 1.97 bits per heavy atom. The molecule has 2 saturated heterocycles. The zero-order valence-corrected chi connectivity index (χ0v) is 20.0. The van der Waals surface area contributed by atoms with E-state index in [0.717, 1.165) is 22.7 Å². The number of rotatable bonds is 4. The number of carbonyl (C=O) groups excluding carboxylic acids is 2. The first-order valence-corrected chi connectivity index (χ1v) is 11.5. The molecule has 2 aliphatic rings. The summed E-state index contributed by atoms with van der Waals surface area (Å²) >= 11 is 6.01. The van der Waals surface area contributed by atoms with Gasteiger partial charge in [0.15, 0.2) is 6.10 Å². The van der Waals surface area contributed by atoms with Crippen molar-refractivity contribution in [1.29, 1.82) is 0 Å². The smallest absolute Gasteiger partial charge is 0.378 e. The Kier molecular flexibility index (Phi) is 5.92. The summed E-state index contributed by atoms with van der Waals surface area (Å²) < 4.78 is 39.5. The Morgan fingerprint density at radius 2 is 1.42 bits per heavy atom. The number of carbonyl (C=O) groups is 2. The molecule has 3 aromatic rings. The van der Waals surface area contributed by atoms with Crippen molar-refractivity contribution in [2.75, 3.05) is 29.0 Å². The van der Waals surface area contributed by atoms with E-state index in [1.165, 1.54) is 17.2 Å². The lowest BCUT2D eigenvalue weighted by Crippen LogP contribution is -2.37. The SMILES string of the molecule is CN(C)c1ccc(N2C(=O)[C@H]3[C@@H](ON(c4ccc(Cl)cc4)[C@H]3c3ccc(C(F)(F)F)cc3)C2=O)cc1. The average molecular weight is 516 g/mol. The molecule has 0 radical (unpaired) electrons. The van der Waals surface area contributed by atoms with Crippen LogP contribution < -0.4 is 14.9 Å². The van der Waals surface area contributed by atoms with Crippen LogP contribution in [-0.4, -0.2) is 32.0 Å². The molecule has 2 heterocycles. The maximum Gasteiger partial charge on any atom is 0.416 e. The van der Waals surface area contributed by atoms with E-state index in [1.807, 2.05) is 19.0 Å². The molecule has 0 spiro atoms. The number of nitrogens with zero attached hydrogens (tertiary/aromatic N) is 3. The molecule has 10 heteroatoms. The van der Waals surface area contributed by atoms with E-state index in [-0.39, 0.29) is 0 Å². The van der Waals surface area contributed by atoms with Gasteiger partial charge in [0, 0.05) is 24.8 Å². The minimum absolute atomic E-state index is 0.401. The van der Waals surface area contributed by atoms with Crippen molar-refractivity contribution in [2.45, 2.75) is 18.3 Å². The van der Waals surface area contributed by atoms with Gasteiger partial charge in [-0.15, -0.1) is 0 Å². The Hall–Kier alpha value is -3.56. The highest BCUT2D eigenvalue weighted by Crippen LogP contribution is 2.48. The minimum atomic E-state index is -4.50. The summed E-state index contributed by atoms with van der Waals surface area (Å²) in [4.78, 5) is 36.0. The van der Waals surface area contributed by atoms with E-state index in [1.54, 1.807) is 48.5 Å². The Labute approximate surface area is 210 Å². The molecule has 3 atom stereocenters. The van der Waals surface area contributed by atoms with Crippen LogP contribution in [0, 0.1) is 5.92 Å². The standard InChI is InChI=1S/C26H21ClF3N3O3/c1-31(2)18-11-13-19(14-12-18)32-24(34)21-22(15-3-5-16(6-4-15)26(28,29)30)33(36-23(21)25(32)35)20-9-7-17(27)8-10-20/h3-14,21-23H,1-2H3/t21-,22+,23-/m1/s1. The molecule has 0 N–H and O–H groups in total. The maximum absolute atomic E-state index is 13.6. The molecule has 6 nitrogen and oxygen atoms in total. The summed E-state index contributed by atoms with van der Waals surface area (Å²) in [5.74, 6) is -1.97. The number of alkyl halides is 3. The molecule has 0 aliphatic carbocycles. The number of hydrogen-bond donors (Lipinski definition) is 0. The summed E-state index contributed by atoms with van der Waals surface area (Å²) in [5.41, 5.74) is 1.41. The van der Waals surface area contributed by atoms with Crippen molar-refractivity contribution >= 4 is 40.5 Å². The Bertz CT molecular complexity index is 1300. The monoisotopic (exact) mass is 515 g/mol. The van der Waals surface area contributed by atoms with Crippen molar-refractivity contribution in [3.05, 3.63) is 88.9 Å². The second-order valence-electron chi connectivity index (χ2n) is 8.84. The van der Waals surface area contributed by atoms with Crippen LogP contribution in [-0.2, 0) is 20.6 Å². The molecular formula is C26H21ClF3N3O3. The molecule has 2 fully saturated rings. The molecule has 2 amide bonds. The minimum Gasteiger partial charge on any atom is -0.378 e. The van der Waals surface area contributed by atoms with E-state index in [4.69, 9.17) is 16.4 Å². The quantitative estimate of drug-likeness (QED) is 0.431. The fourth-order valence-corrected chi connectivity index (χ4v) is 4.71. The zero-order valence-electron chi connectivity index (χ0n) is 19.2. The number of benzene rings is 3. The van der Waals surface area contributed by atoms with Gasteiger partial charge in [-0.05, 0) is 66.2 Å². The van der Waals surface area contributed by atoms with Crippen LogP contribution in [0.1, 0.15) is 17.2 Å². The van der Waals surface area contributed by atoms with E-state index >= 15 is 0 Å². The molecule has 0 bridgehead atoms. The molecule has 2 aliphatic heterocycles. The van der Waals surface area contributed by atoms with Gasteiger partial charge >= 0.3 is 6.18 Å². The second kappa shape index (κ2) is 8.83. The van der Waals surface area contributed by atoms with E-state index in [9.17, 15) is 22.8 Å². The topological polar surface area (TPSA) is 53.1 Å². The van der Waals surface area contributed by atoms with Crippen molar-refractivity contribution < 1.29 is 27.6 Å². The molecular weight excluding hydrogens is 495 g/mol. The van der Waals surface area contributed by atoms with Gasteiger partial charge in [-0.25, -0.2) is 9.96 Å². The van der Waals surface area contributed by atoms with Crippen LogP contribution in [0.2, 0.25) is 5.02 Å². The Morgan fingerprint density at radius 1 is 0.833 bits per heavy atom. The largest absolute Gasteiger partial charge is 0.416 e. The maximum atomic E-state index is 13.6. The van der Waals surface area contributed by atoms with Crippen molar-refractivity contribution in [1.82, 2.24) is 0 Å². The first-order chi connectivity index (χ1) is 17.1. The van der Waals surface area contributed by atoms with Crippen molar-refractivity contribution in [2.24, 2.45) is 5.92 Å². The third-order valence-electron chi connectivity index (χ3n) is 6.40. The third-order valence-corrected chi connectivity index (χ3v) is 6.65. The molecule has 186 valence electrons. The summed E-state index contributed by atoms with van der Waals surface area (Å²) in [6.45, 7) is 0. The predicted octanol–water partition coefficient (Wildman–Crippen LogP) is 5.48. The lowest BCUT2D eigenvalue weighted by Gasteiger charge is -2.29. The van der Waals surface area contributed by atoms with Gasteiger partial charge in [0.2, 0.25) is 5.91 Å². The fraction of sp³-hybridized carbons (Fsp3) is 0.231. The van der Waals surface area contributed by atoms with Gasteiger partial charge < -0.3 is 4.90 Å². The summed E-state index contributed by atoms with van der Waals surface area (Å²) in [6, 6.07) is 17.2. The van der Waals surface area contributed by atoms with Crippen LogP contribution >= 0.6 is 11.6 Å². The normalized spacial score (nSPS) is 21.8. The highest BCUT2D eigenvalue weighted by molar-refractivity contribution is 6.30.